The van der Waals surface area contributed by atoms with Crippen LogP contribution < -0.4 is 5.73 Å². The summed E-state index contributed by atoms with van der Waals surface area (Å²) < 4.78 is 0. The lowest BCUT2D eigenvalue weighted by atomic mass is 9.92. The third-order valence-electron chi connectivity index (χ3n) is 3.47. The van der Waals surface area contributed by atoms with Crippen molar-refractivity contribution in [2.45, 2.75) is 32.4 Å². The summed E-state index contributed by atoms with van der Waals surface area (Å²) in [6.07, 6.45) is 2.45. The minimum Gasteiger partial charge on any atom is -0.327 e. The molecule has 1 aliphatic rings. The van der Waals surface area contributed by atoms with E-state index in [9.17, 15) is 0 Å². The predicted molar refractivity (Wildman–Crippen MR) is 68.1 cm³/mol. The van der Waals surface area contributed by atoms with Gasteiger partial charge in [-0.3, -0.25) is 4.90 Å². The largest absolute Gasteiger partial charge is 0.327 e. The van der Waals surface area contributed by atoms with Gasteiger partial charge in [0.15, 0.2) is 0 Å². The van der Waals surface area contributed by atoms with Crippen molar-refractivity contribution in [2.24, 2.45) is 11.7 Å². The van der Waals surface area contributed by atoms with Crippen LogP contribution in [0.5, 0.6) is 0 Å². The first-order valence-corrected chi connectivity index (χ1v) is 6.29. The van der Waals surface area contributed by atoms with E-state index in [1.54, 1.807) is 0 Å². The third-order valence-corrected chi connectivity index (χ3v) is 3.47. The Balaban J connectivity index is 1.94. The minimum atomic E-state index is 0.363. The van der Waals surface area contributed by atoms with Gasteiger partial charge >= 0.3 is 0 Å². The number of hydrogen-bond donors (Lipinski definition) is 1. The smallest absolute Gasteiger partial charge is 0.0234 e. The molecule has 1 heterocycles. The summed E-state index contributed by atoms with van der Waals surface area (Å²) in [6.45, 7) is 5.57. The molecule has 2 heteroatoms. The van der Waals surface area contributed by atoms with E-state index in [2.05, 4.69) is 42.2 Å². The lowest BCUT2D eigenvalue weighted by Gasteiger charge is -2.36. The predicted octanol–water partition coefficient (Wildman–Crippen LogP) is 2.25. The highest BCUT2D eigenvalue weighted by atomic mass is 15.1. The van der Waals surface area contributed by atoms with Gasteiger partial charge in [-0.2, -0.15) is 0 Å². The molecule has 0 radical (unpaired) electrons. The molecule has 0 amide bonds. The minimum absolute atomic E-state index is 0.363. The topological polar surface area (TPSA) is 29.3 Å². The number of likely N-dealkylation sites (tertiary alicyclic amines) is 1. The lowest BCUT2D eigenvalue weighted by Crippen LogP contribution is -2.46. The zero-order valence-electron chi connectivity index (χ0n) is 10.1. The van der Waals surface area contributed by atoms with Gasteiger partial charge in [-0.15, -0.1) is 0 Å². The maximum Gasteiger partial charge on any atom is 0.0234 e. The first kappa shape index (κ1) is 11.6. The number of nitrogens with zero attached hydrogens (tertiary/aromatic N) is 1. The fourth-order valence-corrected chi connectivity index (χ4v) is 2.62. The molecule has 0 bridgehead atoms. The van der Waals surface area contributed by atoms with Gasteiger partial charge in [0.05, 0.1) is 0 Å². The van der Waals surface area contributed by atoms with E-state index in [1.807, 2.05) is 0 Å². The van der Waals surface area contributed by atoms with E-state index in [0.29, 0.717) is 6.04 Å². The Bertz CT molecular complexity index is 310. The van der Waals surface area contributed by atoms with Gasteiger partial charge in [-0.1, -0.05) is 43.7 Å². The molecule has 0 aliphatic carbocycles. The summed E-state index contributed by atoms with van der Waals surface area (Å²) in [5.74, 6) is 0.785. The molecule has 1 aromatic carbocycles. The highest BCUT2D eigenvalue weighted by Crippen LogP contribution is 2.20. The van der Waals surface area contributed by atoms with E-state index >= 15 is 0 Å². The number of hydrogen-bond acceptors (Lipinski definition) is 2. The van der Waals surface area contributed by atoms with Gasteiger partial charge in [0, 0.05) is 25.7 Å². The number of rotatable bonds is 3. The second kappa shape index (κ2) is 5.46. The van der Waals surface area contributed by atoms with Crippen molar-refractivity contribution >= 4 is 0 Å². The van der Waals surface area contributed by atoms with Gasteiger partial charge in [0.2, 0.25) is 0 Å². The summed E-state index contributed by atoms with van der Waals surface area (Å²) in [5.41, 5.74) is 7.50. The van der Waals surface area contributed by atoms with Crippen LogP contribution in [0.15, 0.2) is 30.3 Å². The Labute approximate surface area is 98.4 Å². The van der Waals surface area contributed by atoms with Gasteiger partial charge in [-0.25, -0.2) is 0 Å². The first-order valence-electron chi connectivity index (χ1n) is 6.29. The second-order valence-corrected chi connectivity index (χ2v) is 4.95. The summed E-state index contributed by atoms with van der Waals surface area (Å²) >= 11 is 0. The van der Waals surface area contributed by atoms with E-state index < -0.39 is 0 Å². The highest BCUT2D eigenvalue weighted by molar-refractivity contribution is 5.14. The summed E-state index contributed by atoms with van der Waals surface area (Å²) in [7, 11) is 0. The molecule has 2 nitrogen and oxygen atoms in total. The summed E-state index contributed by atoms with van der Waals surface area (Å²) in [5, 5.41) is 0. The maximum atomic E-state index is 6.10. The van der Waals surface area contributed by atoms with Gasteiger partial charge < -0.3 is 5.73 Å². The van der Waals surface area contributed by atoms with Gasteiger partial charge in [0.25, 0.3) is 0 Å². The Kier molecular flexibility index (Phi) is 3.97. The van der Waals surface area contributed by atoms with Gasteiger partial charge in [-0.05, 0) is 17.9 Å². The average molecular weight is 218 g/mol. The molecule has 2 N–H and O–H groups in total. The molecule has 1 aliphatic heterocycles. The average Bonchev–Trinajstić information content (AvgIpc) is 2.29. The first-order chi connectivity index (χ1) is 7.78. The molecule has 0 spiro atoms. The Morgan fingerprint density at radius 1 is 1.25 bits per heavy atom. The number of piperidine rings is 1. The van der Waals surface area contributed by atoms with Crippen LogP contribution in [0, 0.1) is 5.92 Å². The van der Waals surface area contributed by atoms with Crippen molar-refractivity contribution in [3.8, 4) is 0 Å². The Morgan fingerprint density at radius 3 is 2.69 bits per heavy atom. The van der Waals surface area contributed by atoms with Crippen molar-refractivity contribution in [3.63, 3.8) is 0 Å². The molecule has 1 aromatic rings. The quantitative estimate of drug-likeness (QED) is 0.843. The monoisotopic (exact) mass is 218 g/mol. The van der Waals surface area contributed by atoms with Crippen LogP contribution in [-0.2, 0) is 6.54 Å². The zero-order valence-corrected chi connectivity index (χ0v) is 10.1. The van der Waals surface area contributed by atoms with Crippen molar-refractivity contribution in [1.82, 2.24) is 4.90 Å². The van der Waals surface area contributed by atoms with Crippen molar-refractivity contribution < 1.29 is 0 Å². The Hall–Kier alpha value is -0.860. The fraction of sp³-hybridized carbons (Fsp3) is 0.571. The molecule has 1 fully saturated rings. The van der Waals surface area contributed by atoms with Crippen LogP contribution in [0.4, 0.5) is 0 Å². The van der Waals surface area contributed by atoms with Crippen LogP contribution in [0.2, 0.25) is 0 Å². The second-order valence-electron chi connectivity index (χ2n) is 4.95. The number of benzene rings is 1. The molecule has 0 aromatic heterocycles. The molecule has 16 heavy (non-hydrogen) atoms. The van der Waals surface area contributed by atoms with E-state index in [0.717, 1.165) is 19.0 Å². The highest BCUT2D eigenvalue weighted by Gasteiger charge is 2.23. The molecule has 2 rings (SSSR count). The van der Waals surface area contributed by atoms with E-state index in [4.69, 9.17) is 5.73 Å². The van der Waals surface area contributed by atoms with Crippen LogP contribution >= 0.6 is 0 Å². The molecular weight excluding hydrogens is 196 g/mol. The zero-order chi connectivity index (χ0) is 11.4. The maximum absolute atomic E-state index is 6.10. The molecule has 0 saturated carbocycles. The van der Waals surface area contributed by atoms with Crippen molar-refractivity contribution in [3.05, 3.63) is 35.9 Å². The molecule has 2 atom stereocenters. The molecule has 2 unspecified atom stereocenters. The van der Waals surface area contributed by atoms with Crippen LogP contribution in [-0.4, -0.2) is 24.0 Å². The van der Waals surface area contributed by atoms with Crippen LogP contribution in [0.1, 0.15) is 25.3 Å². The van der Waals surface area contributed by atoms with Crippen LogP contribution in [0.25, 0.3) is 0 Å². The lowest BCUT2D eigenvalue weighted by molar-refractivity contribution is 0.147. The third kappa shape index (κ3) is 3.06. The summed E-state index contributed by atoms with van der Waals surface area (Å²) in [4.78, 5) is 2.50. The van der Waals surface area contributed by atoms with Crippen molar-refractivity contribution in [1.29, 1.82) is 0 Å². The molecular formula is C14H22N2. The van der Waals surface area contributed by atoms with E-state index in [1.165, 1.54) is 24.9 Å². The molecule has 88 valence electrons. The number of nitrogens with two attached hydrogens (primary N) is 1. The SMILES string of the molecule is CCC1CC(N)CN(Cc2ccccc2)C1. The van der Waals surface area contributed by atoms with Crippen molar-refractivity contribution in [2.75, 3.05) is 13.1 Å². The molecule has 1 saturated heterocycles. The Morgan fingerprint density at radius 2 is 2.00 bits per heavy atom. The van der Waals surface area contributed by atoms with Crippen LogP contribution in [0.3, 0.4) is 0 Å². The fourth-order valence-electron chi connectivity index (χ4n) is 2.62. The normalized spacial score (nSPS) is 26.9. The summed E-state index contributed by atoms with van der Waals surface area (Å²) in [6, 6.07) is 11.0. The van der Waals surface area contributed by atoms with E-state index in [-0.39, 0.29) is 0 Å². The van der Waals surface area contributed by atoms with Gasteiger partial charge in [0.1, 0.15) is 0 Å². The standard InChI is InChI=1S/C14H22N2/c1-2-12-8-14(15)11-16(9-12)10-13-6-4-3-5-7-13/h3-7,12,14H,2,8-11,15H2,1H3.